The molecule has 0 aliphatic carbocycles. The Kier molecular flexibility index (Phi) is 5.93. The standard InChI is InChI=1S/C20H18N2O4S/c1-3-25-15-9-7-14(8-10-15)17(23)12-26-20(24)18-13(2)22-19(27-18)16-6-4-5-11-21-16/h4-11H,3,12H2,1-2H3. The lowest BCUT2D eigenvalue weighted by molar-refractivity contribution is 0.0478. The molecule has 138 valence electrons. The molecule has 0 atom stereocenters. The fraction of sp³-hybridized carbons (Fsp3) is 0.200. The highest BCUT2D eigenvalue weighted by Crippen LogP contribution is 2.27. The highest BCUT2D eigenvalue weighted by molar-refractivity contribution is 7.17. The molecule has 6 nitrogen and oxygen atoms in total. The Balaban J connectivity index is 1.64. The molecular formula is C20H18N2O4S. The predicted octanol–water partition coefficient (Wildman–Crippen LogP) is 3.95. The molecule has 0 saturated carbocycles. The lowest BCUT2D eigenvalue weighted by Crippen LogP contribution is -2.14. The predicted molar refractivity (Wildman–Crippen MR) is 102 cm³/mol. The summed E-state index contributed by atoms with van der Waals surface area (Å²) in [5.74, 6) is -0.154. The summed E-state index contributed by atoms with van der Waals surface area (Å²) >= 11 is 1.20. The van der Waals surface area contributed by atoms with Crippen molar-refractivity contribution in [2.24, 2.45) is 0 Å². The minimum Gasteiger partial charge on any atom is -0.494 e. The van der Waals surface area contributed by atoms with E-state index in [1.54, 1.807) is 37.4 Å². The normalized spacial score (nSPS) is 10.4. The summed E-state index contributed by atoms with van der Waals surface area (Å²) in [6, 6.07) is 12.2. The summed E-state index contributed by atoms with van der Waals surface area (Å²) in [4.78, 5) is 33.5. The van der Waals surface area contributed by atoms with Gasteiger partial charge in [-0.1, -0.05) is 6.07 Å². The molecule has 7 heteroatoms. The van der Waals surface area contributed by atoms with Crippen molar-refractivity contribution in [3.63, 3.8) is 0 Å². The second-order valence-electron chi connectivity index (χ2n) is 5.61. The Morgan fingerprint density at radius 2 is 1.89 bits per heavy atom. The molecule has 27 heavy (non-hydrogen) atoms. The maximum atomic E-state index is 12.3. The number of Topliss-reactive ketones (excluding diaryl/α,β-unsaturated/α-hetero) is 1. The van der Waals surface area contributed by atoms with Crippen molar-refractivity contribution >= 4 is 23.1 Å². The first-order chi connectivity index (χ1) is 13.1. The zero-order valence-electron chi connectivity index (χ0n) is 15.0. The monoisotopic (exact) mass is 382 g/mol. The minimum atomic E-state index is -0.563. The van der Waals surface area contributed by atoms with E-state index in [0.29, 0.717) is 39.2 Å². The van der Waals surface area contributed by atoms with Gasteiger partial charge in [-0.3, -0.25) is 9.78 Å². The topological polar surface area (TPSA) is 78.4 Å². The molecule has 3 aromatic rings. The third kappa shape index (κ3) is 4.57. The Morgan fingerprint density at radius 3 is 2.56 bits per heavy atom. The van der Waals surface area contributed by atoms with Crippen LogP contribution >= 0.6 is 11.3 Å². The summed E-state index contributed by atoms with van der Waals surface area (Å²) in [5, 5.41) is 0.637. The number of aromatic nitrogens is 2. The molecule has 0 bridgehead atoms. The van der Waals surface area contributed by atoms with Crippen LogP contribution < -0.4 is 4.74 Å². The fourth-order valence-electron chi connectivity index (χ4n) is 2.37. The van der Waals surface area contributed by atoms with Gasteiger partial charge in [0.15, 0.2) is 12.4 Å². The van der Waals surface area contributed by atoms with E-state index < -0.39 is 5.97 Å². The number of rotatable bonds is 7. The Morgan fingerprint density at radius 1 is 1.11 bits per heavy atom. The van der Waals surface area contributed by atoms with E-state index in [4.69, 9.17) is 9.47 Å². The lowest BCUT2D eigenvalue weighted by atomic mass is 10.1. The largest absolute Gasteiger partial charge is 0.494 e. The molecule has 3 rings (SSSR count). The van der Waals surface area contributed by atoms with Crippen LogP contribution in [0.4, 0.5) is 0 Å². The number of ether oxygens (including phenoxy) is 2. The van der Waals surface area contributed by atoms with Crippen LogP contribution in [0.2, 0.25) is 0 Å². The van der Waals surface area contributed by atoms with E-state index in [0.717, 1.165) is 0 Å². The average molecular weight is 382 g/mol. The maximum Gasteiger partial charge on any atom is 0.350 e. The van der Waals surface area contributed by atoms with E-state index in [-0.39, 0.29) is 12.4 Å². The number of ketones is 1. The van der Waals surface area contributed by atoms with Crippen molar-refractivity contribution in [2.45, 2.75) is 13.8 Å². The molecule has 0 amide bonds. The summed E-state index contributed by atoms with van der Waals surface area (Å²) in [6.07, 6.45) is 1.67. The molecular weight excluding hydrogens is 364 g/mol. The van der Waals surface area contributed by atoms with Crippen LogP contribution in [0.3, 0.4) is 0 Å². The van der Waals surface area contributed by atoms with Gasteiger partial charge >= 0.3 is 5.97 Å². The number of nitrogens with zero attached hydrogens (tertiary/aromatic N) is 2. The van der Waals surface area contributed by atoms with Gasteiger partial charge in [0.25, 0.3) is 0 Å². The number of esters is 1. The third-order valence-corrected chi connectivity index (χ3v) is 4.85. The summed E-state index contributed by atoms with van der Waals surface area (Å²) < 4.78 is 10.5. The Labute approximate surface area is 160 Å². The summed E-state index contributed by atoms with van der Waals surface area (Å²) in [5.41, 5.74) is 1.70. The molecule has 0 spiro atoms. The van der Waals surface area contributed by atoms with E-state index in [2.05, 4.69) is 9.97 Å². The smallest absolute Gasteiger partial charge is 0.350 e. The molecule has 2 heterocycles. The fourth-order valence-corrected chi connectivity index (χ4v) is 3.31. The zero-order chi connectivity index (χ0) is 19.2. The maximum absolute atomic E-state index is 12.3. The summed E-state index contributed by atoms with van der Waals surface area (Å²) in [7, 11) is 0. The van der Waals surface area contributed by atoms with Crippen LogP contribution in [0.25, 0.3) is 10.7 Å². The molecule has 0 radical (unpaired) electrons. The van der Waals surface area contributed by atoms with E-state index in [1.807, 2.05) is 25.1 Å². The van der Waals surface area contributed by atoms with Gasteiger partial charge in [-0.05, 0) is 50.2 Å². The molecule has 0 N–H and O–H groups in total. The van der Waals surface area contributed by atoms with Crippen molar-refractivity contribution in [1.29, 1.82) is 0 Å². The second-order valence-corrected chi connectivity index (χ2v) is 6.60. The number of benzene rings is 1. The number of carbonyl (C=O) groups is 2. The van der Waals surface area contributed by atoms with Gasteiger partial charge in [0, 0.05) is 11.8 Å². The van der Waals surface area contributed by atoms with Crippen LogP contribution in [0.5, 0.6) is 5.75 Å². The third-order valence-electron chi connectivity index (χ3n) is 3.69. The van der Waals surface area contributed by atoms with E-state index in [1.165, 1.54) is 11.3 Å². The second kappa shape index (κ2) is 8.55. The number of hydrogen-bond donors (Lipinski definition) is 0. The van der Waals surface area contributed by atoms with Crippen molar-refractivity contribution < 1.29 is 19.1 Å². The van der Waals surface area contributed by atoms with Crippen LogP contribution in [-0.2, 0) is 4.74 Å². The van der Waals surface area contributed by atoms with Crippen LogP contribution in [0, 0.1) is 6.92 Å². The molecule has 0 aliphatic heterocycles. The van der Waals surface area contributed by atoms with Crippen molar-refractivity contribution in [1.82, 2.24) is 9.97 Å². The molecule has 0 fully saturated rings. The van der Waals surface area contributed by atoms with Crippen molar-refractivity contribution in [3.05, 3.63) is 64.8 Å². The molecule has 1 aromatic carbocycles. The summed E-state index contributed by atoms with van der Waals surface area (Å²) in [6.45, 7) is 3.84. The minimum absolute atomic E-state index is 0.279. The first-order valence-corrected chi connectivity index (χ1v) is 9.22. The number of aryl methyl sites for hydroxylation is 1. The van der Waals surface area contributed by atoms with Crippen molar-refractivity contribution in [3.8, 4) is 16.5 Å². The Bertz CT molecular complexity index is 936. The molecule has 0 saturated heterocycles. The van der Waals surface area contributed by atoms with Crippen LogP contribution in [0.15, 0.2) is 48.7 Å². The van der Waals surface area contributed by atoms with Crippen LogP contribution in [-0.4, -0.2) is 34.9 Å². The van der Waals surface area contributed by atoms with Gasteiger partial charge in [0.05, 0.1) is 18.0 Å². The molecule has 2 aromatic heterocycles. The molecule has 0 aliphatic rings. The van der Waals surface area contributed by atoms with Crippen LogP contribution in [0.1, 0.15) is 32.6 Å². The number of pyridine rings is 1. The highest BCUT2D eigenvalue weighted by Gasteiger charge is 2.19. The highest BCUT2D eigenvalue weighted by atomic mass is 32.1. The average Bonchev–Trinajstić information content (AvgIpc) is 3.09. The lowest BCUT2D eigenvalue weighted by Gasteiger charge is -2.05. The zero-order valence-corrected chi connectivity index (χ0v) is 15.8. The number of carbonyl (C=O) groups excluding carboxylic acids is 2. The van der Waals surface area contributed by atoms with Gasteiger partial charge in [0.1, 0.15) is 15.6 Å². The quantitative estimate of drug-likeness (QED) is 0.455. The van der Waals surface area contributed by atoms with Gasteiger partial charge in [-0.25, -0.2) is 9.78 Å². The number of thiazole rings is 1. The molecule has 0 unspecified atom stereocenters. The van der Waals surface area contributed by atoms with Gasteiger partial charge in [-0.15, -0.1) is 11.3 Å². The van der Waals surface area contributed by atoms with E-state index >= 15 is 0 Å². The van der Waals surface area contributed by atoms with Crippen molar-refractivity contribution in [2.75, 3.05) is 13.2 Å². The van der Waals surface area contributed by atoms with Gasteiger partial charge in [-0.2, -0.15) is 0 Å². The van der Waals surface area contributed by atoms with Gasteiger partial charge in [0.2, 0.25) is 0 Å². The van der Waals surface area contributed by atoms with Gasteiger partial charge < -0.3 is 9.47 Å². The Hall–Kier alpha value is -3.06. The first kappa shape index (κ1) is 18.7. The SMILES string of the molecule is CCOc1ccc(C(=O)COC(=O)c2sc(-c3ccccn3)nc2C)cc1. The van der Waals surface area contributed by atoms with E-state index in [9.17, 15) is 9.59 Å². The first-order valence-electron chi connectivity index (χ1n) is 8.40. The number of hydrogen-bond acceptors (Lipinski definition) is 7.